The Morgan fingerprint density at radius 2 is 1.63 bits per heavy atom. The minimum atomic E-state index is -2.32. The Hall–Kier alpha value is -2.49. The number of carbonyl (C=O) groups is 1. The highest BCUT2D eigenvalue weighted by molar-refractivity contribution is 6.74. The first kappa shape index (κ1) is 31.4. The van der Waals surface area contributed by atoms with Crippen LogP contribution in [0.1, 0.15) is 58.1 Å². The van der Waals surface area contributed by atoms with Gasteiger partial charge in [-0.15, -0.1) is 0 Å². The van der Waals surface area contributed by atoms with Crippen molar-refractivity contribution in [3.05, 3.63) is 48.5 Å². The van der Waals surface area contributed by atoms with Gasteiger partial charge < -0.3 is 24.0 Å². The molecule has 41 heavy (non-hydrogen) atoms. The van der Waals surface area contributed by atoms with Crippen LogP contribution in [0.25, 0.3) is 11.2 Å². The van der Waals surface area contributed by atoms with Crippen LogP contribution in [-0.2, 0) is 13.6 Å². The van der Waals surface area contributed by atoms with Gasteiger partial charge in [0.25, 0.3) is 5.91 Å². The number of ether oxygens (including phenoxy) is 1. The molecular weight excluding hydrogens is 555 g/mol. The summed E-state index contributed by atoms with van der Waals surface area (Å²) in [4.78, 5) is 26.2. The maximum Gasteiger partial charge on any atom is 0.256 e. The van der Waals surface area contributed by atoms with Crippen LogP contribution >= 0.6 is 0 Å². The quantitative estimate of drug-likeness (QED) is 0.314. The third-order valence-corrected chi connectivity index (χ3v) is 17.8. The number of nitrogens with zero attached hydrogens (tertiary/aromatic N) is 4. The molecule has 1 aliphatic heterocycles. The molecule has 12 heteroatoms. The number of anilines is 1. The van der Waals surface area contributed by atoms with Gasteiger partial charge in [0, 0.05) is 5.56 Å². The summed E-state index contributed by atoms with van der Waals surface area (Å²) in [7, 11) is -4.41. The molecule has 0 unspecified atom stereocenters. The lowest BCUT2D eigenvalue weighted by atomic mass is 10.1. The monoisotopic (exact) mass is 599 g/mol. The molecule has 2 N–H and O–H groups in total. The molecule has 1 saturated heterocycles. The first-order valence-corrected chi connectivity index (χ1v) is 19.9. The summed E-state index contributed by atoms with van der Waals surface area (Å²) in [6, 6.07) is 8.92. The fourth-order valence-corrected chi connectivity index (χ4v) is 6.43. The van der Waals surface area contributed by atoms with E-state index >= 15 is 0 Å². The number of nitrogens with one attached hydrogen (secondary N) is 1. The van der Waals surface area contributed by atoms with Crippen LogP contribution in [0.15, 0.2) is 43.0 Å². The molecule has 3 heterocycles. The first-order chi connectivity index (χ1) is 18.9. The van der Waals surface area contributed by atoms with Crippen LogP contribution < -0.4 is 5.32 Å². The van der Waals surface area contributed by atoms with E-state index < -0.39 is 41.2 Å². The van der Waals surface area contributed by atoms with E-state index in [1.807, 2.05) is 6.07 Å². The summed E-state index contributed by atoms with van der Waals surface area (Å²) in [5.74, 6) is -0.00417. The third kappa shape index (κ3) is 6.47. The number of hydrogen-bond acceptors (Lipinski definition) is 8. The maximum absolute atomic E-state index is 12.8. The molecule has 1 aliphatic rings. The predicted octanol–water partition coefficient (Wildman–Crippen LogP) is 5.75. The molecule has 10 nitrogen and oxygen atoms in total. The summed E-state index contributed by atoms with van der Waals surface area (Å²) in [6.07, 6.45) is 0.0987. The fourth-order valence-electron chi connectivity index (χ4n) is 4.13. The van der Waals surface area contributed by atoms with Gasteiger partial charge in [-0.25, -0.2) is 15.0 Å². The summed E-state index contributed by atoms with van der Waals surface area (Å²) in [5, 5.41) is 14.4. The second-order valence-corrected chi connectivity index (χ2v) is 23.4. The second-order valence-electron chi connectivity index (χ2n) is 13.8. The molecule has 4 rings (SSSR count). The van der Waals surface area contributed by atoms with Crippen molar-refractivity contribution in [3.8, 4) is 0 Å². The number of hydrogen-bond donors (Lipinski definition) is 2. The lowest BCUT2D eigenvalue weighted by molar-refractivity contribution is -0.0476. The van der Waals surface area contributed by atoms with E-state index in [2.05, 4.69) is 88.0 Å². The molecule has 3 aromatic rings. The summed E-state index contributed by atoms with van der Waals surface area (Å²) < 4.78 is 21.5. The van der Waals surface area contributed by atoms with Crippen molar-refractivity contribution in [2.24, 2.45) is 0 Å². The molecule has 1 fully saturated rings. The second kappa shape index (κ2) is 11.3. The Morgan fingerprint density at radius 1 is 1.00 bits per heavy atom. The molecule has 1 aromatic carbocycles. The molecule has 0 radical (unpaired) electrons. The van der Waals surface area contributed by atoms with Crippen molar-refractivity contribution in [1.82, 2.24) is 19.5 Å². The average molecular weight is 600 g/mol. The van der Waals surface area contributed by atoms with Crippen LogP contribution in [0.5, 0.6) is 0 Å². The summed E-state index contributed by atoms with van der Waals surface area (Å²) in [5.41, 5.74) is 1.39. The topological polar surface area (TPSA) is 121 Å². The van der Waals surface area contributed by atoms with Crippen LogP contribution in [-0.4, -0.2) is 72.1 Å². The largest absolute Gasteiger partial charge is 0.414 e. The normalized spacial score (nSPS) is 22.3. The zero-order valence-electron chi connectivity index (χ0n) is 25.9. The number of benzene rings is 1. The number of aliphatic hydroxyl groups is 1. The SMILES string of the molecule is CC(C)(C)[Si](C)(C)OC[C@H]1O[C@@H](n2cnc3c(NC(=O)c4ccccc4)ncnc32)[C@H](O[Si](C)(C)C(C)(C)C)[C@@H]1O. The van der Waals surface area contributed by atoms with Crippen molar-refractivity contribution < 1.29 is 23.5 Å². The zero-order valence-corrected chi connectivity index (χ0v) is 27.9. The summed E-state index contributed by atoms with van der Waals surface area (Å²) >= 11 is 0. The van der Waals surface area contributed by atoms with E-state index in [0.717, 1.165) is 0 Å². The average Bonchev–Trinajstić information content (AvgIpc) is 3.43. The standard InChI is InChI=1S/C29H45N5O5Si2/c1-28(2,3)40(7,8)37-16-20-22(35)23(39-41(9,10)29(4,5)6)27(38-20)34-18-32-21-24(30-17-31-25(21)34)33-26(36)19-14-12-11-13-15-19/h11-15,17-18,20,22-23,27,35H,16H2,1-10H3,(H,30,31,33,36)/t20-,22-,23-,27-/m1/s1. The van der Waals surface area contributed by atoms with Crippen molar-refractivity contribution in [2.45, 2.75) is 102 Å². The third-order valence-electron chi connectivity index (χ3n) is 8.87. The van der Waals surface area contributed by atoms with Gasteiger partial charge in [-0.1, -0.05) is 59.7 Å². The minimum absolute atomic E-state index is 0.0189. The molecule has 224 valence electrons. The van der Waals surface area contributed by atoms with Gasteiger partial charge in [0.2, 0.25) is 0 Å². The van der Waals surface area contributed by atoms with Crippen molar-refractivity contribution in [3.63, 3.8) is 0 Å². The van der Waals surface area contributed by atoms with Gasteiger partial charge in [0.15, 0.2) is 39.8 Å². The molecule has 0 spiro atoms. The Labute approximate surface area is 245 Å². The van der Waals surface area contributed by atoms with Crippen LogP contribution in [0.2, 0.25) is 36.3 Å². The highest BCUT2D eigenvalue weighted by Crippen LogP contribution is 2.43. The van der Waals surface area contributed by atoms with E-state index in [1.165, 1.54) is 6.33 Å². The van der Waals surface area contributed by atoms with Crippen molar-refractivity contribution >= 4 is 39.5 Å². The maximum atomic E-state index is 12.8. The molecular formula is C29H45N5O5Si2. The fraction of sp³-hybridized carbons (Fsp3) is 0.586. The lowest BCUT2D eigenvalue weighted by Gasteiger charge is -2.40. The smallest absolute Gasteiger partial charge is 0.256 e. The number of rotatable bonds is 8. The van der Waals surface area contributed by atoms with Crippen molar-refractivity contribution in [2.75, 3.05) is 11.9 Å². The highest BCUT2D eigenvalue weighted by Gasteiger charge is 2.51. The number of fused-ring (bicyclic) bond motifs is 1. The van der Waals surface area contributed by atoms with Gasteiger partial charge in [0.1, 0.15) is 24.6 Å². The van der Waals surface area contributed by atoms with Gasteiger partial charge in [-0.3, -0.25) is 9.36 Å². The van der Waals surface area contributed by atoms with Crippen LogP contribution in [0.4, 0.5) is 5.82 Å². The molecule has 0 aliphatic carbocycles. The Kier molecular flexibility index (Phi) is 8.67. The molecule has 0 saturated carbocycles. The lowest BCUT2D eigenvalue weighted by Crippen LogP contribution is -2.49. The number of aliphatic hydroxyl groups excluding tert-OH is 1. The number of carbonyl (C=O) groups excluding carboxylic acids is 1. The van der Waals surface area contributed by atoms with E-state index in [-0.39, 0.29) is 22.6 Å². The van der Waals surface area contributed by atoms with Crippen LogP contribution in [0, 0.1) is 0 Å². The Bertz CT molecular complexity index is 1370. The number of amides is 1. The predicted molar refractivity (Wildman–Crippen MR) is 165 cm³/mol. The summed E-state index contributed by atoms with van der Waals surface area (Å²) in [6.45, 7) is 22.0. The molecule has 0 bridgehead atoms. The number of aromatic nitrogens is 4. The van der Waals surface area contributed by atoms with Gasteiger partial charge in [0.05, 0.1) is 12.9 Å². The van der Waals surface area contributed by atoms with Gasteiger partial charge in [-0.2, -0.15) is 0 Å². The Morgan fingerprint density at radius 3 is 2.24 bits per heavy atom. The van der Waals surface area contributed by atoms with E-state index in [0.29, 0.717) is 22.5 Å². The van der Waals surface area contributed by atoms with Crippen LogP contribution in [0.3, 0.4) is 0 Å². The molecule has 2 aromatic heterocycles. The van der Waals surface area contributed by atoms with E-state index in [1.54, 1.807) is 35.2 Å². The zero-order chi connectivity index (χ0) is 30.4. The Balaban J connectivity index is 1.67. The van der Waals surface area contributed by atoms with Gasteiger partial charge >= 0.3 is 0 Å². The number of imidazole rings is 1. The molecule has 1 amide bonds. The van der Waals surface area contributed by atoms with E-state index in [9.17, 15) is 9.90 Å². The minimum Gasteiger partial charge on any atom is -0.414 e. The highest BCUT2D eigenvalue weighted by atomic mass is 28.4. The van der Waals surface area contributed by atoms with E-state index in [4.69, 9.17) is 13.6 Å². The van der Waals surface area contributed by atoms with Gasteiger partial charge in [-0.05, 0) is 48.4 Å². The first-order valence-electron chi connectivity index (χ1n) is 14.1. The van der Waals surface area contributed by atoms with Crippen molar-refractivity contribution in [1.29, 1.82) is 0 Å². The molecule has 4 atom stereocenters.